The van der Waals surface area contributed by atoms with E-state index in [-0.39, 0.29) is 32.6 Å². The third-order valence-electron chi connectivity index (χ3n) is 13.5. The van der Waals surface area contributed by atoms with Crippen molar-refractivity contribution in [1.82, 2.24) is 0 Å². The van der Waals surface area contributed by atoms with E-state index in [1.807, 2.05) is 0 Å². The number of carbonyl (C=O) groups excluding carboxylic acids is 2. The van der Waals surface area contributed by atoms with Gasteiger partial charge in [0.15, 0.2) is 6.10 Å². The fraction of sp³-hybridized carbons (Fsp3) is 0.785. The van der Waals surface area contributed by atoms with Gasteiger partial charge < -0.3 is 20.1 Å². The van der Waals surface area contributed by atoms with Gasteiger partial charge in [-0.1, -0.05) is 228 Å². The first kappa shape index (κ1) is 72.5. The molecular weight excluding hydrogens is 954 g/mol. The van der Waals surface area contributed by atoms with Gasteiger partial charge in [0, 0.05) is 19.4 Å². The van der Waals surface area contributed by atoms with Crippen molar-refractivity contribution in [3.8, 4) is 0 Å². The molecule has 436 valence electrons. The zero-order valence-corrected chi connectivity index (χ0v) is 49.7. The molecular formula is C65H118NO8P. The lowest BCUT2D eigenvalue weighted by Gasteiger charge is -2.19. The summed E-state index contributed by atoms with van der Waals surface area (Å²) in [5, 5.41) is 0. The number of unbranched alkanes of at least 4 members (excludes halogenated alkanes) is 34. The maximum atomic E-state index is 12.7. The molecule has 3 N–H and O–H groups in total. The standard InChI is InChI=1S/C65H118NO8P/c1-3-5-7-9-11-13-15-17-19-21-23-25-27-29-31-33-35-37-39-41-43-45-47-49-51-53-55-57-64(67)71-61-63(62-73-75(69,70)72-60-59-66)74-65(68)58-56-54-52-50-48-46-44-42-40-38-36-34-32-30-28-26-24-22-20-18-16-14-12-10-8-6-4-2/h13-16,41-44,49-52,63H,3-12,17-40,45-48,53-62,66H2,1-2H3,(H,69,70)/b15-13-,16-14+,43-41-,44-42-,51-49-,52-50-/t63-/m1/s1. The summed E-state index contributed by atoms with van der Waals surface area (Å²) in [6, 6.07) is 0. The van der Waals surface area contributed by atoms with Crippen molar-refractivity contribution in [2.75, 3.05) is 26.4 Å². The van der Waals surface area contributed by atoms with Gasteiger partial charge in [-0.15, -0.1) is 0 Å². The van der Waals surface area contributed by atoms with Crippen molar-refractivity contribution in [2.45, 2.75) is 302 Å². The average Bonchev–Trinajstić information content (AvgIpc) is 3.40. The minimum Gasteiger partial charge on any atom is -0.462 e. The largest absolute Gasteiger partial charge is 0.472 e. The van der Waals surface area contributed by atoms with Gasteiger partial charge >= 0.3 is 19.8 Å². The minimum atomic E-state index is -4.41. The van der Waals surface area contributed by atoms with Crippen LogP contribution in [0, 0.1) is 0 Å². The molecule has 0 spiro atoms. The molecule has 0 saturated carbocycles. The third kappa shape index (κ3) is 60.5. The van der Waals surface area contributed by atoms with Crippen LogP contribution in [0.15, 0.2) is 72.9 Å². The van der Waals surface area contributed by atoms with E-state index in [0.29, 0.717) is 12.8 Å². The lowest BCUT2D eigenvalue weighted by Crippen LogP contribution is -2.29. The fourth-order valence-electron chi connectivity index (χ4n) is 8.78. The van der Waals surface area contributed by atoms with Gasteiger partial charge in [-0.25, -0.2) is 4.57 Å². The number of ether oxygens (including phenoxy) is 2. The Labute approximate surface area is 462 Å². The SMILES string of the molecule is CCCCCC/C=C\CCCCCCCCCCCC/C=C\CC/C=C\CCCC(=O)OC[C@H](COP(=O)(O)OCCN)OC(=O)CCC/C=C\CC/C=C\CCCCCCCCCCCC/C=C/CCCCCC. The molecule has 0 aliphatic rings. The van der Waals surface area contributed by atoms with E-state index in [1.54, 1.807) is 0 Å². The summed E-state index contributed by atoms with van der Waals surface area (Å²) in [5.41, 5.74) is 5.38. The molecule has 0 heterocycles. The van der Waals surface area contributed by atoms with Crippen LogP contribution in [0.4, 0.5) is 0 Å². The van der Waals surface area contributed by atoms with Crippen LogP contribution in [-0.4, -0.2) is 49.3 Å². The van der Waals surface area contributed by atoms with E-state index in [9.17, 15) is 19.0 Å². The van der Waals surface area contributed by atoms with Crippen molar-refractivity contribution in [1.29, 1.82) is 0 Å². The number of phosphoric acid groups is 1. The van der Waals surface area contributed by atoms with Gasteiger partial charge in [0.05, 0.1) is 13.2 Å². The Balaban J connectivity index is 4.02. The van der Waals surface area contributed by atoms with Crippen LogP contribution >= 0.6 is 7.82 Å². The van der Waals surface area contributed by atoms with Crippen molar-refractivity contribution >= 4 is 19.8 Å². The lowest BCUT2D eigenvalue weighted by atomic mass is 10.0. The van der Waals surface area contributed by atoms with Crippen LogP contribution in [0.3, 0.4) is 0 Å². The molecule has 0 aromatic rings. The Morgan fingerprint density at radius 2 is 0.667 bits per heavy atom. The molecule has 0 aromatic carbocycles. The molecule has 0 aromatic heterocycles. The zero-order chi connectivity index (χ0) is 54.5. The molecule has 0 aliphatic carbocycles. The van der Waals surface area contributed by atoms with E-state index >= 15 is 0 Å². The highest BCUT2D eigenvalue weighted by Crippen LogP contribution is 2.43. The van der Waals surface area contributed by atoms with Crippen molar-refractivity contribution < 1.29 is 37.6 Å². The third-order valence-corrected chi connectivity index (χ3v) is 14.4. The van der Waals surface area contributed by atoms with E-state index in [4.69, 9.17) is 24.3 Å². The van der Waals surface area contributed by atoms with Crippen LogP contribution in [0.25, 0.3) is 0 Å². The minimum absolute atomic E-state index is 0.0403. The lowest BCUT2D eigenvalue weighted by molar-refractivity contribution is -0.161. The van der Waals surface area contributed by atoms with Gasteiger partial charge in [0.1, 0.15) is 6.61 Å². The second kappa shape index (κ2) is 60.7. The van der Waals surface area contributed by atoms with E-state index in [0.717, 1.165) is 51.4 Å². The van der Waals surface area contributed by atoms with Gasteiger partial charge in [0.2, 0.25) is 0 Å². The summed E-state index contributed by atoms with van der Waals surface area (Å²) in [5.74, 6) is -0.922. The molecule has 75 heavy (non-hydrogen) atoms. The van der Waals surface area contributed by atoms with E-state index in [2.05, 4.69) is 86.8 Å². The highest BCUT2D eigenvalue weighted by atomic mass is 31.2. The van der Waals surface area contributed by atoms with Crippen LogP contribution in [0.2, 0.25) is 0 Å². The van der Waals surface area contributed by atoms with Gasteiger partial charge in [-0.3, -0.25) is 18.6 Å². The Kier molecular flexibility index (Phi) is 58.6. The predicted octanol–water partition coefficient (Wildman–Crippen LogP) is 20.1. The molecule has 2 atom stereocenters. The summed E-state index contributed by atoms with van der Waals surface area (Å²) in [6.45, 7) is 3.67. The number of phosphoric ester groups is 1. The van der Waals surface area contributed by atoms with Gasteiger partial charge in [0.25, 0.3) is 0 Å². The Hall–Kier alpha value is -2.55. The molecule has 10 heteroatoms. The van der Waals surface area contributed by atoms with Crippen LogP contribution in [-0.2, 0) is 32.7 Å². The number of allylic oxidation sites excluding steroid dienone is 12. The summed E-state index contributed by atoms with van der Waals surface area (Å²) < 4.78 is 33.0. The number of rotatable bonds is 59. The number of esters is 2. The molecule has 0 amide bonds. The number of hydrogen-bond donors (Lipinski definition) is 2. The number of hydrogen-bond acceptors (Lipinski definition) is 8. The maximum Gasteiger partial charge on any atom is 0.472 e. The smallest absolute Gasteiger partial charge is 0.462 e. The summed E-state index contributed by atoms with van der Waals surface area (Å²) in [4.78, 5) is 35.2. The first-order valence-electron chi connectivity index (χ1n) is 31.4. The summed E-state index contributed by atoms with van der Waals surface area (Å²) in [6.07, 6.45) is 78.6. The van der Waals surface area contributed by atoms with Crippen LogP contribution < -0.4 is 5.73 Å². The highest BCUT2D eigenvalue weighted by Gasteiger charge is 2.26. The molecule has 0 bridgehead atoms. The second-order valence-electron chi connectivity index (χ2n) is 20.9. The molecule has 0 radical (unpaired) electrons. The van der Waals surface area contributed by atoms with Crippen molar-refractivity contribution in [3.05, 3.63) is 72.9 Å². The van der Waals surface area contributed by atoms with Crippen LogP contribution in [0.1, 0.15) is 296 Å². The molecule has 0 rings (SSSR count). The maximum absolute atomic E-state index is 12.7. The highest BCUT2D eigenvalue weighted by molar-refractivity contribution is 7.47. The molecule has 0 fully saturated rings. The normalized spacial score (nSPS) is 13.5. The second-order valence-corrected chi connectivity index (χ2v) is 22.3. The molecule has 9 nitrogen and oxygen atoms in total. The summed E-state index contributed by atoms with van der Waals surface area (Å²) >= 11 is 0. The molecule has 1 unspecified atom stereocenters. The Morgan fingerprint density at radius 1 is 0.387 bits per heavy atom. The molecule has 0 saturated heterocycles. The van der Waals surface area contributed by atoms with E-state index in [1.165, 1.54) is 205 Å². The average molecular weight is 1070 g/mol. The first-order valence-corrected chi connectivity index (χ1v) is 32.9. The van der Waals surface area contributed by atoms with Crippen molar-refractivity contribution in [2.24, 2.45) is 5.73 Å². The monoisotopic (exact) mass is 1070 g/mol. The number of carbonyl (C=O) groups is 2. The quantitative estimate of drug-likeness (QED) is 0.0264. The topological polar surface area (TPSA) is 134 Å². The van der Waals surface area contributed by atoms with Crippen LogP contribution in [0.5, 0.6) is 0 Å². The summed E-state index contributed by atoms with van der Waals surface area (Å²) in [7, 11) is -4.41. The Morgan fingerprint density at radius 3 is 0.987 bits per heavy atom. The number of nitrogens with two attached hydrogens (primary N) is 1. The Bertz CT molecular complexity index is 1460. The van der Waals surface area contributed by atoms with E-state index < -0.39 is 32.5 Å². The zero-order valence-electron chi connectivity index (χ0n) is 48.8. The fourth-order valence-corrected chi connectivity index (χ4v) is 9.55. The molecule has 0 aliphatic heterocycles. The van der Waals surface area contributed by atoms with Gasteiger partial charge in [-0.05, 0) is 128 Å². The predicted molar refractivity (Wildman–Crippen MR) is 321 cm³/mol. The van der Waals surface area contributed by atoms with Gasteiger partial charge in [-0.2, -0.15) is 0 Å². The van der Waals surface area contributed by atoms with Crippen molar-refractivity contribution in [3.63, 3.8) is 0 Å². The first-order chi connectivity index (χ1) is 36.8.